The average molecular weight is 291 g/mol. The van der Waals surface area contributed by atoms with Crippen LogP contribution in [0.25, 0.3) is 0 Å². The number of ether oxygens (including phenoxy) is 2. The van der Waals surface area contributed by atoms with E-state index in [2.05, 4.69) is 15.8 Å². The number of hydrogen-bond acceptors (Lipinski definition) is 6. The van der Waals surface area contributed by atoms with Gasteiger partial charge in [-0.05, 0) is 12.1 Å². The molecule has 6 nitrogen and oxygen atoms in total. The fraction of sp³-hybridized carbons (Fsp3) is 0.231. The number of nitrogens with zero attached hydrogens (tertiary/aromatic N) is 1. The highest BCUT2D eigenvalue weighted by Gasteiger charge is 2.24. The zero-order chi connectivity index (χ0) is 13.9. The number of hydrogen-bond donors (Lipinski definition) is 2. The Morgan fingerprint density at radius 1 is 1.40 bits per heavy atom. The van der Waals surface area contributed by atoms with Crippen LogP contribution in [0.3, 0.4) is 0 Å². The molecule has 2 N–H and O–H groups in total. The Morgan fingerprint density at radius 3 is 3.00 bits per heavy atom. The van der Waals surface area contributed by atoms with E-state index in [4.69, 9.17) is 9.47 Å². The van der Waals surface area contributed by atoms with Crippen LogP contribution in [-0.2, 0) is 4.79 Å². The van der Waals surface area contributed by atoms with E-state index in [1.54, 1.807) is 0 Å². The first-order valence-corrected chi connectivity index (χ1v) is 6.97. The summed E-state index contributed by atoms with van der Waals surface area (Å²) in [5.74, 6) is 1.29. The van der Waals surface area contributed by atoms with E-state index in [1.165, 1.54) is 18.3 Å². The lowest BCUT2D eigenvalue weighted by Gasteiger charge is -2.25. The highest BCUT2D eigenvalue weighted by molar-refractivity contribution is 7.13. The van der Waals surface area contributed by atoms with Gasteiger partial charge in [0.15, 0.2) is 17.6 Å². The summed E-state index contributed by atoms with van der Waals surface area (Å²) in [6.07, 6.45) is -0.242. The molecule has 20 heavy (non-hydrogen) atoms. The summed E-state index contributed by atoms with van der Waals surface area (Å²) in [5.41, 5.74) is 5.99. The monoisotopic (exact) mass is 291 g/mol. The molecule has 1 aromatic heterocycles. The van der Waals surface area contributed by atoms with Gasteiger partial charge >= 0.3 is 0 Å². The van der Waals surface area contributed by atoms with Gasteiger partial charge in [0, 0.05) is 12.3 Å². The lowest BCUT2D eigenvalue weighted by atomic mass is 10.2. The second-order valence-corrected chi connectivity index (χ2v) is 5.11. The Balaban J connectivity index is 1.70. The topological polar surface area (TPSA) is 72.5 Å². The molecule has 2 aromatic rings. The highest BCUT2D eigenvalue weighted by atomic mass is 32.1. The van der Waals surface area contributed by atoms with Crippen LogP contribution >= 0.6 is 11.3 Å². The molecule has 1 aliphatic rings. The number of rotatable bonds is 3. The predicted molar refractivity (Wildman–Crippen MR) is 74.9 cm³/mol. The van der Waals surface area contributed by atoms with Gasteiger partial charge in [0.2, 0.25) is 11.0 Å². The van der Waals surface area contributed by atoms with Gasteiger partial charge in [-0.25, -0.2) is 4.98 Å². The molecule has 1 aliphatic heterocycles. The van der Waals surface area contributed by atoms with Crippen molar-refractivity contribution in [1.29, 1.82) is 0 Å². The molecule has 2 heterocycles. The van der Waals surface area contributed by atoms with Gasteiger partial charge in [-0.2, -0.15) is 0 Å². The van der Waals surface area contributed by atoms with Gasteiger partial charge in [-0.15, -0.1) is 11.3 Å². The van der Waals surface area contributed by atoms with Gasteiger partial charge in [0.1, 0.15) is 6.61 Å². The van der Waals surface area contributed by atoms with Gasteiger partial charge < -0.3 is 9.47 Å². The molecule has 3 rings (SSSR count). The SMILES string of the molecule is CC(=O)NNc1nc([C@@H]2COc3ccccc3O2)cs1. The van der Waals surface area contributed by atoms with Crippen molar-refractivity contribution in [2.75, 3.05) is 12.0 Å². The van der Waals surface area contributed by atoms with E-state index in [0.29, 0.717) is 17.5 Å². The van der Waals surface area contributed by atoms with Crippen LogP contribution in [-0.4, -0.2) is 17.5 Å². The van der Waals surface area contributed by atoms with Crippen LogP contribution in [0.5, 0.6) is 11.5 Å². The van der Waals surface area contributed by atoms with Crippen LogP contribution in [0.15, 0.2) is 29.6 Å². The Kier molecular flexibility index (Phi) is 3.42. The van der Waals surface area contributed by atoms with E-state index < -0.39 is 0 Å². The first-order chi connectivity index (χ1) is 9.72. The number of anilines is 1. The van der Waals surface area contributed by atoms with Crippen LogP contribution in [0.4, 0.5) is 5.13 Å². The van der Waals surface area contributed by atoms with Crippen LogP contribution in [0, 0.1) is 0 Å². The van der Waals surface area contributed by atoms with Crippen LogP contribution in [0.2, 0.25) is 0 Å². The Labute approximate surface area is 119 Å². The first-order valence-electron chi connectivity index (χ1n) is 6.09. The molecule has 0 aliphatic carbocycles. The van der Waals surface area contributed by atoms with Crippen LogP contribution < -0.4 is 20.3 Å². The Bertz CT molecular complexity index is 629. The quantitative estimate of drug-likeness (QED) is 0.847. The summed E-state index contributed by atoms with van der Waals surface area (Å²) < 4.78 is 11.5. The minimum Gasteiger partial charge on any atom is -0.485 e. The number of amides is 1. The second kappa shape index (κ2) is 5.38. The number of thiazole rings is 1. The zero-order valence-electron chi connectivity index (χ0n) is 10.8. The maximum Gasteiger partial charge on any atom is 0.235 e. The second-order valence-electron chi connectivity index (χ2n) is 4.25. The largest absolute Gasteiger partial charge is 0.485 e. The molecule has 0 bridgehead atoms. The smallest absolute Gasteiger partial charge is 0.235 e. The average Bonchev–Trinajstić information content (AvgIpc) is 2.93. The lowest BCUT2D eigenvalue weighted by Crippen LogP contribution is -2.26. The molecule has 0 fully saturated rings. The summed E-state index contributed by atoms with van der Waals surface area (Å²) in [7, 11) is 0. The van der Waals surface area contributed by atoms with Crippen molar-refractivity contribution >= 4 is 22.4 Å². The molecule has 1 amide bonds. The van der Waals surface area contributed by atoms with Crippen molar-refractivity contribution in [3.8, 4) is 11.5 Å². The molecule has 1 aromatic carbocycles. The molecule has 0 spiro atoms. The molecule has 0 saturated carbocycles. The summed E-state index contributed by atoms with van der Waals surface area (Å²) in [6, 6.07) is 7.54. The fourth-order valence-corrected chi connectivity index (χ4v) is 2.50. The van der Waals surface area contributed by atoms with Crippen molar-refractivity contribution in [3.63, 3.8) is 0 Å². The van der Waals surface area contributed by atoms with Crippen molar-refractivity contribution < 1.29 is 14.3 Å². The molecular weight excluding hydrogens is 278 g/mol. The molecule has 1 atom stereocenters. The Hall–Kier alpha value is -2.28. The van der Waals surface area contributed by atoms with E-state index in [-0.39, 0.29) is 12.0 Å². The molecule has 7 heteroatoms. The summed E-state index contributed by atoms with van der Waals surface area (Å²) in [4.78, 5) is 15.2. The van der Waals surface area contributed by atoms with Gasteiger partial charge in [-0.1, -0.05) is 12.1 Å². The molecule has 104 valence electrons. The number of fused-ring (bicyclic) bond motifs is 1. The zero-order valence-corrected chi connectivity index (χ0v) is 11.6. The highest BCUT2D eigenvalue weighted by Crippen LogP contribution is 2.36. The summed E-state index contributed by atoms with van der Waals surface area (Å²) in [5, 5.41) is 2.49. The van der Waals surface area contributed by atoms with Crippen molar-refractivity contribution in [3.05, 3.63) is 35.3 Å². The van der Waals surface area contributed by atoms with Gasteiger partial charge in [-0.3, -0.25) is 15.6 Å². The number of carbonyl (C=O) groups is 1. The number of benzene rings is 1. The normalized spacial score (nSPS) is 16.6. The maximum atomic E-state index is 10.8. The molecule has 0 unspecified atom stereocenters. The number of hydrazine groups is 1. The third kappa shape index (κ3) is 2.67. The van der Waals surface area contributed by atoms with Gasteiger partial charge in [0.05, 0.1) is 5.69 Å². The van der Waals surface area contributed by atoms with E-state index in [0.717, 1.165) is 11.4 Å². The third-order valence-electron chi connectivity index (χ3n) is 2.71. The maximum absolute atomic E-state index is 10.8. The van der Waals surface area contributed by atoms with Crippen molar-refractivity contribution in [2.45, 2.75) is 13.0 Å². The van der Waals surface area contributed by atoms with Gasteiger partial charge in [0.25, 0.3) is 0 Å². The Morgan fingerprint density at radius 2 is 2.20 bits per heavy atom. The first kappa shape index (κ1) is 12.7. The molecule has 0 saturated heterocycles. The third-order valence-corrected chi connectivity index (χ3v) is 3.48. The van der Waals surface area contributed by atoms with Crippen LogP contribution in [0.1, 0.15) is 18.7 Å². The minimum absolute atomic E-state index is 0.173. The van der Waals surface area contributed by atoms with E-state index >= 15 is 0 Å². The number of para-hydroxylation sites is 2. The van der Waals surface area contributed by atoms with Crippen molar-refractivity contribution in [1.82, 2.24) is 10.4 Å². The number of aromatic nitrogens is 1. The summed E-state index contributed by atoms with van der Waals surface area (Å²) >= 11 is 1.39. The van der Waals surface area contributed by atoms with Crippen molar-refractivity contribution in [2.24, 2.45) is 0 Å². The molecule has 0 radical (unpaired) electrons. The predicted octanol–water partition coefficient (Wildman–Crippen LogP) is 2.12. The number of nitrogens with one attached hydrogen (secondary N) is 2. The standard InChI is InChI=1S/C13H13N3O3S/c1-8(17)15-16-13-14-9(7-20-13)12-6-18-10-4-2-3-5-11(10)19-12/h2-5,7,12H,6H2,1H3,(H,14,16)(H,15,17)/t12-/m0/s1. The summed E-state index contributed by atoms with van der Waals surface area (Å²) in [6.45, 7) is 1.84. The molecular formula is C13H13N3O3S. The van der Waals surface area contributed by atoms with E-state index in [1.807, 2.05) is 29.6 Å². The fourth-order valence-electron chi connectivity index (χ4n) is 1.80. The lowest BCUT2D eigenvalue weighted by molar-refractivity contribution is -0.118. The number of carbonyl (C=O) groups excluding carboxylic acids is 1. The van der Waals surface area contributed by atoms with E-state index in [9.17, 15) is 4.79 Å². The minimum atomic E-state index is -0.242.